The van der Waals surface area contributed by atoms with Crippen molar-refractivity contribution in [2.75, 3.05) is 0 Å². The molecular weight excluding hydrogens is 650 g/mol. The van der Waals surface area contributed by atoms with E-state index in [1.54, 1.807) is 0 Å². The maximum atomic E-state index is 13.7. The van der Waals surface area contributed by atoms with E-state index in [1.807, 2.05) is 0 Å². The molecule has 0 fully saturated rings. The predicted octanol–water partition coefficient (Wildman–Crippen LogP) is 6.55. The van der Waals surface area contributed by atoms with Gasteiger partial charge < -0.3 is 14.2 Å². The molecule has 25 heteroatoms. The number of benzene rings is 1. The minimum atomic E-state index is -6.65. The Balaban J connectivity index is 3.99. The zero-order valence-electron chi connectivity index (χ0n) is 17.6. The molecule has 3 unspecified atom stereocenters. The van der Waals surface area contributed by atoms with Crippen molar-refractivity contribution in [1.82, 2.24) is 0 Å². The quantitative estimate of drug-likeness (QED) is 0.228. The molecule has 0 radical (unpaired) electrons. The molecule has 0 saturated heterocycles. The number of rotatable bonds is 10. The van der Waals surface area contributed by atoms with Crippen LogP contribution in [-0.2, 0) is 10.1 Å². The standard InChI is InChI=1S/C15H6F18O6S/c16-7(10(19,20)21)13(28,29)37-3-1-4(38-14(30,31)8(17)11(22,23)24)6(40(34,35)36)5(2-3)39-15(32,33)9(18)12(25,26)27/h1-2,7-9H,(H,34,35,36). The summed E-state index contributed by atoms with van der Waals surface area (Å²) in [4.78, 5) is -2.97. The highest BCUT2D eigenvalue weighted by Crippen LogP contribution is 2.47. The molecule has 1 rings (SSSR count). The van der Waals surface area contributed by atoms with Crippen molar-refractivity contribution < 1.29 is 106 Å². The molecule has 3 atom stereocenters. The number of ether oxygens (including phenoxy) is 3. The molecule has 0 heterocycles. The van der Waals surface area contributed by atoms with E-state index in [0.717, 1.165) is 0 Å². The molecule has 1 aromatic rings. The summed E-state index contributed by atoms with van der Waals surface area (Å²) in [5, 5.41) is 0. The van der Waals surface area contributed by atoms with Crippen LogP contribution < -0.4 is 14.2 Å². The van der Waals surface area contributed by atoms with Crippen LogP contribution in [0.1, 0.15) is 0 Å². The highest BCUT2D eigenvalue weighted by Gasteiger charge is 2.62. The maximum absolute atomic E-state index is 13.7. The van der Waals surface area contributed by atoms with Crippen LogP contribution >= 0.6 is 0 Å². The molecule has 0 bridgehead atoms. The minimum absolute atomic E-state index is 1.02. The fourth-order valence-corrected chi connectivity index (χ4v) is 2.90. The number of alkyl halides is 18. The van der Waals surface area contributed by atoms with Crippen LogP contribution in [0.3, 0.4) is 0 Å². The maximum Gasteiger partial charge on any atom is 0.439 e. The highest BCUT2D eigenvalue weighted by atomic mass is 32.2. The molecule has 0 aliphatic rings. The van der Waals surface area contributed by atoms with Crippen molar-refractivity contribution in [3.63, 3.8) is 0 Å². The van der Waals surface area contributed by atoms with Crippen molar-refractivity contribution in [3.05, 3.63) is 12.1 Å². The molecule has 6 nitrogen and oxygen atoms in total. The lowest BCUT2D eigenvalue weighted by atomic mass is 10.2. The lowest BCUT2D eigenvalue weighted by Gasteiger charge is -2.28. The highest BCUT2D eigenvalue weighted by molar-refractivity contribution is 7.86. The Hall–Kier alpha value is -2.73. The number of hydrogen-bond donors (Lipinski definition) is 1. The van der Waals surface area contributed by atoms with Crippen LogP contribution in [-0.4, -0.2) is 68.3 Å². The Bertz CT molecular complexity index is 1100. The Morgan fingerprint density at radius 2 is 0.800 bits per heavy atom. The molecule has 0 aromatic heterocycles. The lowest BCUT2D eigenvalue weighted by molar-refractivity contribution is -0.307. The van der Waals surface area contributed by atoms with Gasteiger partial charge in [-0.05, 0) is 0 Å². The summed E-state index contributed by atoms with van der Waals surface area (Å²) < 4.78 is 273. The van der Waals surface area contributed by atoms with Gasteiger partial charge in [-0.3, -0.25) is 4.55 Å². The van der Waals surface area contributed by atoms with Crippen LogP contribution in [0.25, 0.3) is 0 Å². The van der Waals surface area contributed by atoms with Crippen LogP contribution in [0.5, 0.6) is 17.2 Å². The fourth-order valence-electron chi connectivity index (χ4n) is 2.19. The van der Waals surface area contributed by atoms with E-state index in [0.29, 0.717) is 0 Å². The van der Waals surface area contributed by atoms with Crippen LogP contribution in [0.15, 0.2) is 17.0 Å². The second kappa shape index (κ2) is 10.6. The van der Waals surface area contributed by atoms with Crippen molar-refractivity contribution in [2.45, 2.75) is 60.3 Å². The Morgan fingerprint density at radius 1 is 0.550 bits per heavy atom. The SMILES string of the molecule is O=S(=O)(O)c1c(OC(F)(F)C(F)C(F)(F)F)cc(OC(F)(F)C(F)C(F)(F)F)cc1OC(F)(F)C(F)C(F)(F)F. The molecule has 0 saturated carbocycles. The number of halogens is 18. The molecule has 0 aliphatic heterocycles. The minimum Gasteiger partial charge on any atom is -0.430 e. The van der Waals surface area contributed by atoms with Gasteiger partial charge in [-0.15, -0.1) is 0 Å². The fraction of sp³-hybridized carbons (Fsp3) is 0.600. The largest absolute Gasteiger partial charge is 0.439 e. The van der Waals surface area contributed by atoms with Gasteiger partial charge in [0.25, 0.3) is 18.5 Å². The Labute approximate surface area is 207 Å². The van der Waals surface area contributed by atoms with E-state index in [2.05, 4.69) is 14.2 Å². The van der Waals surface area contributed by atoms with Gasteiger partial charge in [0.1, 0.15) is 5.75 Å². The molecular formula is C15H6F18O6S. The average molecular weight is 656 g/mol. The van der Waals surface area contributed by atoms with Crippen molar-refractivity contribution in [2.24, 2.45) is 0 Å². The van der Waals surface area contributed by atoms with E-state index < -0.39 is 99.8 Å². The van der Waals surface area contributed by atoms with Crippen molar-refractivity contribution in [1.29, 1.82) is 0 Å². The summed E-state index contributed by atoms with van der Waals surface area (Å²) in [5.74, 6) is -8.46. The van der Waals surface area contributed by atoms with Crippen LogP contribution in [0.2, 0.25) is 0 Å². The van der Waals surface area contributed by atoms with Gasteiger partial charge in [0.15, 0.2) is 16.4 Å². The van der Waals surface area contributed by atoms with Crippen molar-refractivity contribution in [3.8, 4) is 17.2 Å². The Kier molecular flexibility index (Phi) is 9.35. The van der Waals surface area contributed by atoms with Gasteiger partial charge in [0, 0.05) is 12.1 Å². The van der Waals surface area contributed by atoms with Crippen LogP contribution in [0.4, 0.5) is 79.0 Å². The Morgan fingerprint density at radius 3 is 1.02 bits per heavy atom. The molecule has 1 aromatic carbocycles. The zero-order chi connectivity index (χ0) is 32.1. The van der Waals surface area contributed by atoms with E-state index in [9.17, 15) is 87.4 Å². The first-order chi connectivity index (χ1) is 17.3. The van der Waals surface area contributed by atoms with E-state index in [4.69, 9.17) is 4.55 Å². The second-order valence-electron chi connectivity index (χ2n) is 6.93. The smallest absolute Gasteiger partial charge is 0.430 e. The summed E-state index contributed by atoms with van der Waals surface area (Å²) in [7, 11) is -6.65. The third-order valence-electron chi connectivity index (χ3n) is 3.75. The predicted molar refractivity (Wildman–Crippen MR) is 85.8 cm³/mol. The molecule has 0 aliphatic carbocycles. The van der Waals surface area contributed by atoms with Gasteiger partial charge in [0.05, 0.1) is 0 Å². The molecule has 0 spiro atoms. The summed E-state index contributed by atoms with van der Waals surface area (Å²) >= 11 is 0. The summed E-state index contributed by atoms with van der Waals surface area (Å²) in [6, 6.07) is -2.03. The third-order valence-corrected chi connectivity index (χ3v) is 4.66. The van der Waals surface area contributed by atoms with E-state index in [-0.39, 0.29) is 0 Å². The molecule has 234 valence electrons. The van der Waals surface area contributed by atoms with E-state index >= 15 is 0 Å². The van der Waals surface area contributed by atoms with Gasteiger partial charge in [-0.2, -0.15) is 74.3 Å². The monoisotopic (exact) mass is 656 g/mol. The molecule has 40 heavy (non-hydrogen) atoms. The van der Waals surface area contributed by atoms with Crippen molar-refractivity contribution >= 4 is 10.1 Å². The first-order valence-corrected chi connectivity index (χ1v) is 10.3. The molecule has 0 amide bonds. The third kappa shape index (κ3) is 8.39. The number of hydrogen-bond acceptors (Lipinski definition) is 5. The van der Waals surface area contributed by atoms with Crippen LogP contribution in [0, 0.1) is 0 Å². The summed E-state index contributed by atoms with van der Waals surface area (Å²) in [6.07, 6.45) is -55.4. The lowest BCUT2D eigenvalue weighted by Crippen LogP contribution is -2.47. The van der Waals surface area contributed by atoms with E-state index in [1.165, 1.54) is 0 Å². The zero-order valence-corrected chi connectivity index (χ0v) is 18.4. The summed E-state index contributed by atoms with van der Waals surface area (Å²) in [6.45, 7) is 0. The van der Waals surface area contributed by atoms with Gasteiger partial charge >= 0.3 is 47.0 Å². The normalized spacial score (nSPS) is 16.8. The molecule has 1 N–H and O–H groups in total. The summed E-state index contributed by atoms with van der Waals surface area (Å²) in [5.41, 5.74) is 0. The van der Waals surface area contributed by atoms with Gasteiger partial charge in [-0.25, -0.2) is 13.2 Å². The first-order valence-electron chi connectivity index (χ1n) is 8.82. The topological polar surface area (TPSA) is 82.1 Å². The average Bonchev–Trinajstić information content (AvgIpc) is 2.67. The van der Waals surface area contributed by atoms with Gasteiger partial charge in [-0.1, -0.05) is 0 Å². The first kappa shape index (κ1) is 35.3. The second-order valence-corrected chi connectivity index (χ2v) is 8.29. The van der Waals surface area contributed by atoms with Gasteiger partial charge in [0.2, 0.25) is 0 Å².